The lowest BCUT2D eigenvalue weighted by atomic mass is 10.0. The van der Waals surface area contributed by atoms with E-state index < -0.39 is 5.97 Å². The molecule has 0 spiro atoms. The molecule has 4 heteroatoms. The van der Waals surface area contributed by atoms with Gasteiger partial charge in [0, 0.05) is 5.69 Å². The Morgan fingerprint density at radius 1 is 1.20 bits per heavy atom. The topological polar surface area (TPSA) is 59.4 Å². The lowest BCUT2D eigenvalue weighted by Gasteiger charge is -2.05. The Morgan fingerprint density at radius 2 is 1.90 bits per heavy atom. The van der Waals surface area contributed by atoms with Crippen molar-refractivity contribution in [1.82, 2.24) is 4.98 Å². The lowest BCUT2D eigenvalue weighted by Crippen LogP contribution is -2.00. The first-order valence-corrected chi connectivity index (χ1v) is 6.13. The van der Waals surface area contributed by atoms with E-state index in [0.717, 1.165) is 5.69 Å². The fourth-order valence-corrected chi connectivity index (χ4v) is 1.83. The highest BCUT2D eigenvalue weighted by atomic mass is 16.5. The van der Waals surface area contributed by atoms with Crippen LogP contribution < -0.4 is 4.74 Å². The summed E-state index contributed by atoms with van der Waals surface area (Å²) in [6.07, 6.45) is 1.57. The van der Waals surface area contributed by atoms with Gasteiger partial charge in [-0.25, -0.2) is 4.79 Å². The van der Waals surface area contributed by atoms with Crippen LogP contribution >= 0.6 is 0 Å². The molecule has 2 aromatic rings. The maximum absolute atomic E-state index is 11.4. The zero-order valence-electron chi connectivity index (χ0n) is 11.3. The fraction of sp³-hybridized carbons (Fsp3) is 0.125. The minimum Gasteiger partial charge on any atom is -0.497 e. The number of aryl methyl sites for hydroxylation is 1. The molecule has 0 aliphatic carbocycles. The van der Waals surface area contributed by atoms with E-state index in [1.165, 1.54) is 0 Å². The number of aliphatic carboxylic acids is 1. The number of hydrogen-bond acceptors (Lipinski definition) is 3. The summed E-state index contributed by atoms with van der Waals surface area (Å²) in [7, 11) is 1.57. The van der Waals surface area contributed by atoms with E-state index in [1.54, 1.807) is 43.5 Å². The number of aromatic nitrogens is 1. The number of ether oxygens (including phenoxy) is 1. The molecular formula is C16H15NO3. The Bertz CT molecular complexity index is 645. The lowest BCUT2D eigenvalue weighted by molar-refractivity contribution is -0.130. The van der Waals surface area contributed by atoms with Crippen LogP contribution in [-0.2, 0) is 4.79 Å². The summed E-state index contributed by atoms with van der Waals surface area (Å²) in [6, 6.07) is 12.4. The normalized spacial score (nSPS) is 11.2. The number of carboxylic acid groups (broad SMARTS) is 1. The van der Waals surface area contributed by atoms with Crippen molar-refractivity contribution >= 4 is 17.6 Å². The van der Waals surface area contributed by atoms with Crippen LogP contribution in [0.1, 0.15) is 17.0 Å². The van der Waals surface area contributed by atoms with Crippen LogP contribution in [-0.4, -0.2) is 23.2 Å². The standard InChI is InChI=1S/C16H15NO3/c1-11-4-3-5-13(17-11)10-15(16(18)19)12-6-8-14(20-2)9-7-12/h3-10H,1-2H3,(H,18,19). The van der Waals surface area contributed by atoms with Crippen molar-refractivity contribution in [2.45, 2.75) is 6.92 Å². The predicted octanol–water partition coefficient (Wildman–Crippen LogP) is 3.02. The molecule has 0 unspecified atom stereocenters. The molecule has 1 aromatic carbocycles. The zero-order valence-corrected chi connectivity index (χ0v) is 11.3. The molecule has 0 radical (unpaired) electrons. The Balaban J connectivity index is 2.42. The first-order chi connectivity index (χ1) is 9.60. The average molecular weight is 269 g/mol. The third-order valence-corrected chi connectivity index (χ3v) is 2.83. The number of pyridine rings is 1. The Labute approximate surface area is 117 Å². The largest absolute Gasteiger partial charge is 0.497 e. The molecule has 2 rings (SSSR count). The van der Waals surface area contributed by atoms with E-state index in [0.29, 0.717) is 17.0 Å². The van der Waals surface area contributed by atoms with E-state index in [1.807, 2.05) is 19.1 Å². The van der Waals surface area contributed by atoms with Crippen LogP contribution in [0.3, 0.4) is 0 Å². The molecule has 0 fully saturated rings. The number of carbonyl (C=O) groups is 1. The highest BCUT2D eigenvalue weighted by molar-refractivity contribution is 6.20. The predicted molar refractivity (Wildman–Crippen MR) is 77.5 cm³/mol. The molecule has 4 nitrogen and oxygen atoms in total. The van der Waals surface area contributed by atoms with E-state index in [2.05, 4.69) is 4.98 Å². The van der Waals surface area contributed by atoms with Crippen molar-refractivity contribution in [1.29, 1.82) is 0 Å². The van der Waals surface area contributed by atoms with Gasteiger partial charge in [-0.2, -0.15) is 0 Å². The smallest absolute Gasteiger partial charge is 0.336 e. The number of rotatable bonds is 4. The second-order valence-electron chi connectivity index (χ2n) is 4.30. The van der Waals surface area contributed by atoms with Crippen molar-refractivity contribution in [2.75, 3.05) is 7.11 Å². The Kier molecular flexibility index (Phi) is 4.15. The van der Waals surface area contributed by atoms with E-state index in [9.17, 15) is 9.90 Å². The highest BCUT2D eigenvalue weighted by Gasteiger charge is 2.11. The quantitative estimate of drug-likeness (QED) is 0.867. The zero-order chi connectivity index (χ0) is 14.5. The third-order valence-electron chi connectivity index (χ3n) is 2.83. The number of methoxy groups -OCH3 is 1. The van der Waals surface area contributed by atoms with Gasteiger partial charge in [-0.15, -0.1) is 0 Å². The Hall–Kier alpha value is -2.62. The molecule has 0 saturated carbocycles. The number of hydrogen-bond donors (Lipinski definition) is 1. The van der Waals surface area contributed by atoms with Gasteiger partial charge >= 0.3 is 5.97 Å². The summed E-state index contributed by atoms with van der Waals surface area (Å²) in [6.45, 7) is 1.87. The molecule has 0 saturated heterocycles. The van der Waals surface area contributed by atoms with Crippen molar-refractivity contribution in [3.63, 3.8) is 0 Å². The summed E-state index contributed by atoms with van der Waals surface area (Å²) in [5, 5.41) is 9.36. The van der Waals surface area contributed by atoms with Crippen LogP contribution in [0.2, 0.25) is 0 Å². The van der Waals surface area contributed by atoms with Crippen molar-refractivity contribution in [2.24, 2.45) is 0 Å². The molecule has 20 heavy (non-hydrogen) atoms. The van der Waals surface area contributed by atoms with Gasteiger partial charge in [0.05, 0.1) is 18.4 Å². The van der Waals surface area contributed by atoms with Gasteiger partial charge in [0.2, 0.25) is 0 Å². The number of carboxylic acids is 1. The minimum atomic E-state index is -0.988. The summed E-state index contributed by atoms with van der Waals surface area (Å²) in [5.74, 6) is -0.300. The molecule has 102 valence electrons. The van der Waals surface area contributed by atoms with Crippen LogP contribution in [0.25, 0.3) is 11.6 Å². The maximum atomic E-state index is 11.4. The van der Waals surface area contributed by atoms with Crippen LogP contribution in [0, 0.1) is 6.92 Å². The van der Waals surface area contributed by atoms with E-state index >= 15 is 0 Å². The van der Waals surface area contributed by atoms with Gasteiger partial charge in [0.15, 0.2) is 0 Å². The maximum Gasteiger partial charge on any atom is 0.336 e. The monoisotopic (exact) mass is 269 g/mol. The molecule has 1 N–H and O–H groups in total. The second-order valence-corrected chi connectivity index (χ2v) is 4.30. The minimum absolute atomic E-state index is 0.200. The SMILES string of the molecule is COc1ccc(C(=Cc2cccc(C)n2)C(=O)O)cc1. The summed E-state index contributed by atoms with van der Waals surface area (Å²) >= 11 is 0. The van der Waals surface area contributed by atoms with Gasteiger partial charge in [-0.1, -0.05) is 18.2 Å². The molecule has 0 bridgehead atoms. The van der Waals surface area contributed by atoms with Crippen LogP contribution in [0.5, 0.6) is 5.75 Å². The first kappa shape index (κ1) is 13.8. The number of nitrogens with zero attached hydrogens (tertiary/aromatic N) is 1. The van der Waals surface area contributed by atoms with E-state index in [4.69, 9.17) is 4.74 Å². The Morgan fingerprint density at radius 3 is 2.45 bits per heavy atom. The van der Waals surface area contributed by atoms with Gasteiger partial charge in [-0.3, -0.25) is 4.98 Å². The van der Waals surface area contributed by atoms with Crippen molar-refractivity contribution < 1.29 is 14.6 Å². The van der Waals surface area contributed by atoms with Crippen molar-refractivity contribution in [3.8, 4) is 5.75 Å². The average Bonchev–Trinajstić information content (AvgIpc) is 2.45. The molecule has 0 aliphatic heterocycles. The molecule has 0 amide bonds. The summed E-state index contributed by atoms with van der Waals surface area (Å²) in [5.41, 5.74) is 2.28. The first-order valence-electron chi connectivity index (χ1n) is 6.13. The molecule has 1 aromatic heterocycles. The highest BCUT2D eigenvalue weighted by Crippen LogP contribution is 2.21. The van der Waals surface area contributed by atoms with Crippen molar-refractivity contribution in [3.05, 3.63) is 59.4 Å². The third kappa shape index (κ3) is 3.23. The fourth-order valence-electron chi connectivity index (χ4n) is 1.83. The van der Waals surface area contributed by atoms with Gasteiger partial charge in [-0.05, 0) is 42.8 Å². The van der Waals surface area contributed by atoms with E-state index in [-0.39, 0.29) is 5.57 Å². The number of benzene rings is 1. The van der Waals surface area contributed by atoms with Gasteiger partial charge in [0.1, 0.15) is 5.75 Å². The van der Waals surface area contributed by atoms with Crippen LogP contribution in [0.4, 0.5) is 0 Å². The molecule has 0 atom stereocenters. The second kappa shape index (κ2) is 6.02. The molecule has 0 aliphatic rings. The van der Waals surface area contributed by atoms with Crippen LogP contribution in [0.15, 0.2) is 42.5 Å². The summed E-state index contributed by atoms with van der Waals surface area (Å²) < 4.78 is 5.06. The summed E-state index contributed by atoms with van der Waals surface area (Å²) in [4.78, 5) is 15.7. The molecule has 1 heterocycles. The van der Waals surface area contributed by atoms with Gasteiger partial charge < -0.3 is 9.84 Å². The van der Waals surface area contributed by atoms with Gasteiger partial charge in [0.25, 0.3) is 0 Å². The molecular weight excluding hydrogens is 254 g/mol.